The van der Waals surface area contributed by atoms with Gasteiger partial charge in [0.25, 0.3) is 0 Å². The Labute approximate surface area is 137 Å². The van der Waals surface area contributed by atoms with Crippen LogP contribution in [-0.4, -0.2) is 22.9 Å². The number of ketones is 1. The van der Waals surface area contributed by atoms with E-state index in [9.17, 15) is 18.4 Å². The quantitative estimate of drug-likeness (QED) is 0.914. The highest BCUT2D eigenvalue weighted by Gasteiger charge is 2.29. The monoisotopic (exact) mass is 334 g/mol. The molecule has 24 heavy (non-hydrogen) atoms. The van der Waals surface area contributed by atoms with Crippen molar-refractivity contribution in [1.82, 2.24) is 9.88 Å². The molecule has 7 heteroatoms. The third-order valence-corrected chi connectivity index (χ3v) is 3.99. The molecule has 1 aliphatic rings. The molecule has 0 aliphatic carbocycles. The van der Waals surface area contributed by atoms with Gasteiger partial charge in [-0.3, -0.25) is 9.59 Å². The number of carbonyl (C=O) groups excluding carboxylic acids is 2. The van der Waals surface area contributed by atoms with Crippen LogP contribution in [0.2, 0.25) is 0 Å². The van der Waals surface area contributed by atoms with E-state index in [1.807, 2.05) is 0 Å². The van der Waals surface area contributed by atoms with Gasteiger partial charge in [0, 0.05) is 24.7 Å². The Kier molecular flexibility index (Phi) is 4.59. The molecule has 2 aromatic rings. The lowest BCUT2D eigenvalue weighted by atomic mass is 10.0. The number of nitrogens with zero attached hydrogens (tertiary/aromatic N) is 1. The summed E-state index contributed by atoms with van der Waals surface area (Å²) < 4.78 is 30.9. The zero-order valence-corrected chi connectivity index (χ0v) is 12.7. The second kappa shape index (κ2) is 6.82. The molecule has 0 saturated carbocycles. The number of para-hydroxylation sites is 1. The Hall–Kier alpha value is -2.70. The number of benzene rings is 1. The van der Waals surface area contributed by atoms with E-state index in [4.69, 9.17) is 0 Å². The number of alkyl halides is 2. The Bertz CT molecular complexity index is 758. The highest BCUT2D eigenvalue weighted by molar-refractivity contribution is 5.97. The normalized spacial score (nSPS) is 16.8. The maximum atomic E-state index is 12.4. The molecule has 1 atom stereocenters. The molecule has 1 amide bonds. The molecule has 0 fully saturated rings. The Morgan fingerprint density at radius 3 is 2.88 bits per heavy atom. The highest BCUT2D eigenvalue weighted by atomic mass is 19.3. The van der Waals surface area contributed by atoms with Crippen molar-refractivity contribution in [3.05, 3.63) is 53.9 Å². The summed E-state index contributed by atoms with van der Waals surface area (Å²) in [7, 11) is 0. The summed E-state index contributed by atoms with van der Waals surface area (Å²) in [6.07, 6.45) is 2.43. The average molecular weight is 334 g/mol. The van der Waals surface area contributed by atoms with Crippen LogP contribution in [0.5, 0.6) is 5.75 Å². The molecule has 0 saturated heterocycles. The molecular formula is C17H16F2N2O3. The summed E-state index contributed by atoms with van der Waals surface area (Å²) in [5.74, 6) is -0.209. The Morgan fingerprint density at radius 2 is 2.08 bits per heavy atom. The van der Waals surface area contributed by atoms with Gasteiger partial charge < -0.3 is 14.6 Å². The topological polar surface area (TPSA) is 60.3 Å². The van der Waals surface area contributed by atoms with Crippen LogP contribution in [0.3, 0.4) is 0 Å². The minimum absolute atomic E-state index is 0.0136. The Morgan fingerprint density at radius 1 is 1.29 bits per heavy atom. The van der Waals surface area contributed by atoms with Crippen LogP contribution in [-0.2, 0) is 11.3 Å². The van der Waals surface area contributed by atoms with Crippen molar-refractivity contribution in [2.45, 2.75) is 32.0 Å². The molecule has 1 unspecified atom stereocenters. The Balaban J connectivity index is 1.69. The largest absolute Gasteiger partial charge is 0.434 e. The van der Waals surface area contributed by atoms with E-state index >= 15 is 0 Å². The molecule has 1 aromatic carbocycles. The SMILES string of the molecule is O=C1CCC(C(=O)NCc2ccccc2OC(F)F)n2cccc21. The minimum atomic E-state index is -2.92. The second-order valence-electron chi connectivity index (χ2n) is 5.48. The van der Waals surface area contributed by atoms with E-state index in [2.05, 4.69) is 10.1 Å². The first-order valence-electron chi connectivity index (χ1n) is 7.56. The molecule has 1 N–H and O–H groups in total. The van der Waals surface area contributed by atoms with E-state index in [0.717, 1.165) is 0 Å². The van der Waals surface area contributed by atoms with Crippen LogP contribution < -0.4 is 10.1 Å². The van der Waals surface area contributed by atoms with E-state index in [1.165, 1.54) is 6.07 Å². The van der Waals surface area contributed by atoms with Crippen molar-refractivity contribution in [2.24, 2.45) is 0 Å². The summed E-state index contributed by atoms with van der Waals surface area (Å²) in [4.78, 5) is 24.2. The van der Waals surface area contributed by atoms with Gasteiger partial charge in [0.2, 0.25) is 5.91 Å². The number of nitrogens with one attached hydrogen (secondary N) is 1. The van der Waals surface area contributed by atoms with Gasteiger partial charge in [0.1, 0.15) is 11.8 Å². The van der Waals surface area contributed by atoms with Crippen molar-refractivity contribution in [2.75, 3.05) is 0 Å². The first-order chi connectivity index (χ1) is 11.6. The molecular weight excluding hydrogens is 318 g/mol. The van der Waals surface area contributed by atoms with Crippen molar-refractivity contribution >= 4 is 11.7 Å². The summed E-state index contributed by atoms with van der Waals surface area (Å²) in [6, 6.07) is 9.25. The zero-order chi connectivity index (χ0) is 17.1. The molecule has 0 radical (unpaired) electrons. The third-order valence-electron chi connectivity index (χ3n) is 3.99. The standard InChI is InChI=1S/C17H16F2N2O3/c18-17(19)24-15-6-2-1-4-11(15)10-20-16(23)13-7-8-14(22)12-5-3-9-21(12)13/h1-6,9,13,17H,7-8,10H2,(H,20,23). The van der Waals surface area contributed by atoms with E-state index in [-0.39, 0.29) is 24.0 Å². The van der Waals surface area contributed by atoms with E-state index in [0.29, 0.717) is 24.1 Å². The third kappa shape index (κ3) is 3.29. The molecule has 5 nitrogen and oxygen atoms in total. The number of ether oxygens (including phenoxy) is 1. The lowest BCUT2D eigenvalue weighted by molar-refractivity contribution is -0.124. The van der Waals surface area contributed by atoms with Gasteiger partial charge in [0.05, 0.1) is 5.69 Å². The van der Waals surface area contributed by atoms with Gasteiger partial charge >= 0.3 is 6.61 Å². The van der Waals surface area contributed by atoms with Crippen molar-refractivity contribution in [1.29, 1.82) is 0 Å². The number of fused-ring (bicyclic) bond motifs is 1. The summed E-state index contributed by atoms with van der Waals surface area (Å²) in [5.41, 5.74) is 0.980. The molecule has 0 bridgehead atoms. The number of rotatable bonds is 5. The minimum Gasteiger partial charge on any atom is -0.434 e. The number of hydrogen-bond donors (Lipinski definition) is 1. The summed E-state index contributed by atoms with van der Waals surface area (Å²) >= 11 is 0. The van der Waals surface area contributed by atoms with Crippen LogP contribution >= 0.6 is 0 Å². The van der Waals surface area contributed by atoms with Crippen LogP contribution in [0, 0.1) is 0 Å². The van der Waals surface area contributed by atoms with Gasteiger partial charge in [-0.1, -0.05) is 18.2 Å². The van der Waals surface area contributed by atoms with Gasteiger partial charge in [-0.05, 0) is 24.6 Å². The first kappa shape index (κ1) is 16.2. The number of halogens is 2. The van der Waals surface area contributed by atoms with Gasteiger partial charge in [-0.25, -0.2) is 0 Å². The molecule has 1 aromatic heterocycles. The van der Waals surface area contributed by atoms with Gasteiger partial charge in [-0.2, -0.15) is 8.78 Å². The fourth-order valence-electron chi connectivity index (χ4n) is 2.86. The van der Waals surface area contributed by atoms with Crippen LogP contribution in [0.1, 0.15) is 34.9 Å². The number of amides is 1. The van der Waals surface area contributed by atoms with E-state index in [1.54, 1.807) is 41.1 Å². The lowest BCUT2D eigenvalue weighted by Crippen LogP contribution is -2.35. The first-order valence-corrected chi connectivity index (χ1v) is 7.56. The summed E-state index contributed by atoms with van der Waals surface area (Å²) in [5, 5.41) is 2.73. The number of aromatic nitrogens is 1. The van der Waals surface area contributed by atoms with E-state index < -0.39 is 12.7 Å². The van der Waals surface area contributed by atoms with Crippen LogP contribution in [0.4, 0.5) is 8.78 Å². The maximum absolute atomic E-state index is 12.4. The smallest absolute Gasteiger partial charge is 0.387 e. The molecule has 2 heterocycles. The number of carbonyl (C=O) groups is 2. The summed E-state index contributed by atoms with van der Waals surface area (Å²) in [6.45, 7) is -2.85. The second-order valence-corrected chi connectivity index (χ2v) is 5.48. The molecule has 3 rings (SSSR count). The molecule has 126 valence electrons. The molecule has 0 spiro atoms. The predicted octanol–water partition coefficient (Wildman–Crippen LogP) is 2.92. The van der Waals surface area contributed by atoms with Gasteiger partial charge in [0.15, 0.2) is 5.78 Å². The average Bonchev–Trinajstić information content (AvgIpc) is 3.04. The van der Waals surface area contributed by atoms with Crippen molar-refractivity contribution in [3.8, 4) is 5.75 Å². The van der Waals surface area contributed by atoms with Crippen molar-refractivity contribution in [3.63, 3.8) is 0 Å². The molecule has 1 aliphatic heterocycles. The zero-order valence-electron chi connectivity index (χ0n) is 12.7. The van der Waals surface area contributed by atoms with Crippen LogP contribution in [0.15, 0.2) is 42.6 Å². The fourth-order valence-corrected chi connectivity index (χ4v) is 2.86. The highest BCUT2D eigenvalue weighted by Crippen LogP contribution is 2.26. The number of hydrogen-bond acceptors (Lipinski definition) is 3. The lowest BCUT2D eigenvalue weighted by Gasteiger charge is -2.24. The number of Topliss-reactive ketones (excluding diaryl/α,β-unsaturated/α-hetero) is 1. The fraction of sp³-hybridized carbons (Fsp3) is 0.294. The maximum Gasteiger partial charge on any atom is 0.387 e. The van der Waals surface area contributed by atoms with Crippen LogP contribution in [0.25, 0.3) is 0 Å². The van der Waals surface area contributed by atoms with Crippen molar-refractivity contribution < 1.29 is 23.1 Å². The predicted molar refractivity (Wildman–Crippen MR) is 82.0 cm³/mol. The van der Waals surface area contributed by atoms with Gasteiger partial charge in [-0.15, -0.1) is 0 Å².